The SMILES string of the molecule is CC1(C(=O)NCc2cc(F)ccc2F)CCCN1. The molecule has 1 aliphatic rings. The van der Waals surface area contributed by atoms with Gasteiger partial charge in [0.15, 0.2) is 0 Å². The Morgan fingerprint density at radius 3 is 2.94 bits per heavy atom. The third-order valence-corrected chi connectivity index (χ3v) is 3.32. The lowest BCUT2D eigenvalue weighted by Crippen LogP contribution is -2.50. The summed E-state index contributed by atoms with van der Waals surface area (Å²) >= 11 is 0. The Morgan fingerprint density at radius 2 is 2.28 bits per heavy atom. The zero-order valence-electron chi connectivity index (χ0n) is 10.2. The van der Waals surface area contributed by atoms with Gasteiger partial charge in [0.05, 0.1) is 5.54 Å². The van der Waals surface area contributed by atoms with Crippen molar-refractivity contribution in [1.29, 1.82) is 0 Å². The summed E-state index contributed by atoms with van der Waals surface area (Å²) in [7, 11) is 0. The van der Waals surface area contributed by atoms with E-state index in [1.807, 2.05) is 6.92 Å². The second-order valence-electron chi connectivity index (χ2n) is 4.78. The molecule has 0 aliphatic carbocycles. The predicted molar refractivity (Wildman–Crippen MR) is 63.8 cm³/mol. The van der Waals surface area contributed by atoms with Crippen LogP contribution < -0.4 is 10.6 Å². The Kier molecular flexibility index (Phi) is 3.61. The first-order valence-electron chi connectivity index (χ1n) is 5.98. The van der Waals surface area contributed by atoms with E-state index in [1.54, 1.807) is 0 Å². The summed E-state index contributed by atoms with van der Waals surface area (Å²) in [5.74, 6) is -1.20. The molecule has 0 radical (unpaired) electrons. The van der Waals surface area contributed by atoms with Crippen LogP contribution in [-0.2, 0) is 11.3 Å². The fourth-order valence-corrected chi connectivity index (χ4v) is 2.14. The summed E-state index contributed by atoms with van der Waals surface area (Å²) in [4.78, 5) is 11.9. The highest BCUT2D eigenvalue weighted by molar-refractivity contribution is 5.86. The first kappa shape index (κ1) is 13.0. The average molecular weight is 254 g/mol. The van der Waals surface area contributed by atoms with Gasteiger partial charge < -0.3 is 10.6 Å². The number of halogens is 2. The molecule has 1 aliphatic heterocycles. The third-order valence-electron chi connectivity index (χ3n) is 3.32. The van der Waals surface area contributed by atoms with Crippen molar-refractivity contribution in [3.63, 3.8) is 0 Å². The third kappa shape index (κ3) is 2.67. The molecule has 1 fully saturated rings. The zero-order chi connectivity index (χ0) is 13.2. The van der Waals surface area contributed by atoms with Gasteiger partial charge in [-0.2, -0.15) is 0 Å². The van der Waals surface area contributed by atoms with Gasteiger partial charge in [0.1, 0.15) is 11.6 Å². The molecule has 5 heteroatoms. The molecule has 2 N–H and O–H groups in total. The van der Waals surface area contributed by atoms with E-state index in [2.05, 4.69) is 10.6 Å². The molecule has 1 amide bonds. The highest BCUT2D eigenvalue weighted by Crippen LogP contribution is 2.18. The maximum atomic E-state index is 13.4. The number of benzene rings is 1. The topological polar surface area (TPSA) is 41.1 Å². The first-order chi connectivity index (χ1) is 8.51. The summed E-state index contributed by atoms with van der Waals surface area (Å²) in [5.41, 5.74) is -0.436. The Bertz CT molecular complexity index is 456. The molecule has 1 heterocycles. The van der Waals surface area contributed by atoms with E-state index in [9.17, 15) is 13.6 Å². The van der Waals surface area contributed by atoms with Gasteiger partial charge >= 0.3 is 0 Å². The number of amides is 1. The summed E-state index contributed by atoms with van der Waals surface area (Å²) < 4.78 is 26.3. The molecule has 1 saturated heterocycles. The van der Waals surface area contributed by atoms with Gasteiger partial charge in [0.2, 0.25) is 5.91 Å². The first-order valence-corrected chi connectivity index (χ1v) is 5.98. The van der Waals surface area contributed by atoms with E-state index in [0.29, 0.717) is 0 Å². The van der Waals surface area contributed by atoms with E-state index in [4.69, 9.17) is 0 Å². The summed E-state index contributed by atoms with van der Waals surface area (Å²) in [5, 5.41) is 5.76. The standard InChI is InChI=1S/C13H16F2N2O/c1-13(5-2-6-17-13)12(18)16-8-9-7-10(14)3-4-11(9)15/h3-4,7,17H,2,5-6,8H2,1H3,(H,16,18). The van der Waals surface area contributed by atoms with Crippen molar-refractivity contribution in [2.75, 3.05) is 6.54 Å². The highest BCUT2D eigenvalue weighted by atomic mass is 19.1. The van der Waals surface area contributed by atoms with Crippen molar-refractivity contribution >= 4 is 5.91 Å². The van der Waals surface area contributed by atoms with Crippen LogP contribution in [0.2, 0.25) is 0 Å². The second kappa shape index (κ2) is 5.02. The molecule has 1 aromatic rings. The number of rotatable bonds is 3. The van der Waals surface area contributed by atoms with Gasteiger partial charge in [0.25, 0.3) is 0 Å². The summed E-state index contributed by atoms with van der Waals surface area (Å²) in [6, 6.07) is 3.22. The Balaban J connectivity index is 1.99. The molecular weight excluding hydrogens is 238 g/mol. The van der Waals surface area contributed by atoms with Crippen molar-refractivity contribution in [2.24, 2.45) is 0 Å². The predicted octanol–water partition coefficient (Wildman–Crippen LogP) is 1.72. The molecule has 0 spiro atoms. The average Bonchev–Trinajstić information content (AvgIpc) is 2.78. The van der Waals surface area contributed by atoms with Crippen LogP contribution in [0.5, 0.6) is 0 Å². The fourth-order valence-electron chi connectivity index (χ4n) is 2.14. The second-order valence-corrected chi connectivity index (χ2v) is 4.78. The van der Waals surface area contributed by atoms with Crippen molar-refractivity contribution in [3.8, 4) is 0 Å². The van der Waals surface area contributed by atoms with E-state index >= 15 is 0 Å². The minimum absolute atomic E-state index is 0.000301. The minimum Gasteiger partial charge on any atom is -0.350 e. The van der Waals surface area contributed by atoms with Crippen LogP contribution in [0.1, 0.15) is 25.3 Å². The largest absolute Gasteiger partial charge is 0.350 e. The van der Waals surface area contributed by atoms with Gasteiger partial charge in [-0.1, -0.05) is 0 Å². The van der Waals surface area contributed by atoms with Crippen LogP contribution in [0, 0.1) is 11.6 Å². The lowest BCUT2D eigenvalue weighted by molar-refractivity contribution is -0.126. The normalized spacial score (nSPS) is 23.1. The van der Waals surface area contributed by atoms with Gasteiger partial charge in [0, 0.05) is 12.1 Å². The Labute approximate surface area is 105 Å². The van der Waals surface area contributed by atoms with E-state index < -0.39 is 17.2 Å². The molecule has 1 aromatic carbocycles. The minimum atomic E-state index is -0.593. The molecule has 0 saturated carbocycles. The summed E-state index contributed by atoms with van der Waals surface area (Å²) in [6.07, 6.45) is 1.70. The quantitative estimate of drug-likeness (QED) is 0.862. The molecule has 98 valence electrons. The lowest BCUT2D eigenvalue weighted by atomic mass is 9.99. The van der Waals surface area contributed by atoms with Crippen LogP contribution in [0.25, 0.3) is 0 Å². The van der Waals surface area contributed by atoms with Crippen LogP contribution in [-0.4, -0.2) is 18.0 Å². The summed E-state index contributed by atoms with van der Waals surface area (Å²) in [6.45, 7) is 2.62. The maximum absolute atomic E-state index is 13.4. The van der Waals surface area contributed by atoms with Gasteiger partial charge in [-0.3, -0.25) is 4.79 Å². The molecule has 1 atom stereocenters. The van der Waals surface area contributed by atoms with Crippen molar-refractivity contribution in [3.05, 3.63) is 35.4 Å². The molecular formula is C13H16F2N2O. The molecule has 0 aromatic heterocycles. The number of hydrogen-bond donors (Lipinski definition) is 2. The van der Waals surface area contributed by atoms with Crippen molar-refractivity contribution in [1.82, 2.24) is 10.6 Å². The molecule has 1 unspecified atom stereocenters. The van der Waals surface area contributed by atoms with Gasteiger partial charge in [-0.05, 0) is 44.5 Å². The maximum Gasteiger partial charge on any atom is 0.240 e. The Hall–Kier alpha value is -1.49. The van der Waals surface area contributed by atoms with Crippen molar-refractivity contribution < 1.29 is 13.6 Å². The van der Waals surface area contributed by atoms with Gasteiger partial charge in [-0.25, -0.2) is 8.78 Å². The number of carbonyl (C=O) groups excluding carboxylic acids is 1. The molecule has 2 rings (SSSR count). The lowest BCUT2D eigenvalue weighted by Gasteiger charge is -2.23. The Morgan fingerprint density at radius 1 is 1.50 bits per heavy atom. The smallest absolute Gasteiger partial charge is 0.240 e. The van der Waals surface area contributed by atoms with Crippen LogP contribution >= 0.6 is 0 Å². The van der Waals surface area contributed by atoms with E-state index in [0.717, 1.165) is 37.6 Å². The molecule has 3 nitrogen and oxygen atoms in total. The van der Waals surface area contributed by atoms with Gasteiger partial charge in [-0.15, -0.1) is 0 Å². The highest BCUT2D eigenvalue weighted by Gasteiger charge is 2.35. The molecule has 18 heavy (non-hydrogen) atoms. The van der Waals surface area contributed by atoms with Crippen LogP contribution in [0.4, 0.5) is 8.78 Å². The van der Waals surface area contributed by atoms with Crippen LogP contribution in [0.15, 0.2) is 18.2 Å². The van der Waals surface area contributed by atoms with E-state index in [1.165, 1.54) is 0 Å². The monoisotopic (exact) mass is 254 g/mol. The zero-order valence-corrected chi connectivity index (χ0v) is 10.2. The van der Waals surface area contributed by atoms with Crippen LogP contribution in [0.3, 0.4) is 0 Å². The van der Waals surface area contributed by atoms with Crippen molar-refractivity contribution in [2.45, 2.75) is 31.8 Å². The number of nitrogens with one attached hydrogen (secondary N) is 2. The molecule has 0 bridgehead atoms. The number of carbonyl (C=O) groups is 1. The van der Waals surface area contributed by atoms with E-state index in [-0.39, 0.29) is 18.0 Å². The fraction of sp³-hybridized carbons (Fsp3) is 0.462. The number of hydrogen-bond acceptors (Lipinski definition) is 2.